The van der Waals surface area contributed by atoms with Gasteiger partial charge in [-0.05, 0) is 92.0 Å². The van der Waals surface area contributed by atoms with Gasteiger partial charge in [0, 0.05) is 16.9 Å². The van der Waals surface area contributed by atoms with E-state index in [2.05, 4.69) is 32.3 Å². The van der Waals surface area contributed by atoms with E-state index >= 15 is 0 Å². The van der Waals surface area contributed by atoms with Gasteiger partial charge in [-0.25, -0.2) is 9.37 Å². The minimum absolute atomic E-state index is 0.427. The van der Waals surface area contributed by atoms with Gasteiger partial charge in [0.15, 0.2) is 5.82 Å². The fourth-order valence-electron chi connectivity index (χ4n) is 1.39. The number of pyridine rings is 1. The van der Waals surface area contributed by atoms with Crippen molar-refractivity contribution >= 4 is 83.5 Å². The highest BCUT2D eigenvalue weighted by molar-refractivity contribution is 14.1. The Morgan fingerprint density at radius 2 is 1.75 bits per heavy atom. The second kappa shape index (κ2) is 6.56. The number of anilines is 1. The lowest BCUT2D eigenvalue weighted by atomic mass is 10.3. The van der Waals surface area contributed by atoms with Gasteiger partial charge in [-0.2, -0.15) is 8.42 Å². The summed E-state index contributed by atoms with van der Waals surface area (Å²) in [4.78, 5) is 3.59. The van der Waals surface area contributed by atoms with E-state index in [-0.39, 0.29) is 0 Å². The molecule has 0 fully saturated rings. The van der Waals surface area contributed by atoms with E-state index in [0.29, 0.717) is 5.69 Å². The van der Waals surface area contributed by atoms with Crippen molar-refractivity contribution in [3.63, 3.8) is 0 Å². The van der Waals surface area contributed by atoms with Crippen LogP contribution in [0, 0.1) is 16.5 Å². The van der Waals surface area contributed by atoms with E-state index in [4.69, 9.17) is 0 Å². The summed E-state index contributed by atoms with van der Waals surface area (Å²) in [6.45, 7) is 0. The Kier molecular flexibility index (Phi) is 5.45. The fraction of sp³-hybridized carbons (Fsp3) is 0. The van der Waals surface area contributed by atoms with Crippen LogP contribution >= 0.6 is 67.8 Å². The molecular formula is C11H6FI3N2O2S. The molecule has 20 heavy (non-hydrogen) atoms. The second-order valence-corrected chi connectivity index (χ2v) is 8.81. The minimum atomic E-state index is -4.05. The summed E-state index contributed by atoms with van der Waals surface area (Å²) in [5.74, 6) is -0.879. The fourth-order valence-corrected chi connectivity index (χ4v) is 6.72. The van der Waals surface area contributed by atoms with Crippen molar-refractivity contribution in [2.75, 3.05) is 4.72 Å². The monoisotopic (exact) mass is 630 g/mol. The van der Waals surface area contributed by atoms with E-state index in [0.717, 1.165) is 16.8 Å². The number of benzene rings is 1. The van der Waals surface area contributed by atoms with E-state index in [1.807, 2.05) is 57.3 Å². The predicted molar refractivity (Wildman–Crippen MR) is 99.6 cm³/mol. The topological polar surface area (TPSA) is 59.1 Å². The van der Waals surface area contributed by atoms with Gasteiger partial charge in [0.2, 0.25) is 5.03 Å². The normalized spacial score (nSPS) is 11.4. The van der Waals surface area contributed by atoms with Crippen molar-refractivity contribution in [3.05, 3.63) is 47.0 Å². The molecule has 2 aromatic rings. The van der Waals surface area contributed by atoms with Gasteiger partial charge in [0.25, 0.3) is 10.0 Å². The van der Waals surface area contributed by atoms with E-state index < -0.39 is 20.9 Å². The number of nitrogens with zero attached hydrogens (tertiary/aromatic N) is 1. The summed E-state index contributed by atoms with van der Waals surface area (Å²) < 4.78 is 42.8. The number of hydrogen-bond donors (Lipinski definition) is 1. The molecule has 0 bridgehead atoms. The maximum atomic E-state index is 13.6. The molecule has 4 nitrogen and oxygen atoms in total. The Labute approximate surface area is 156 Å². The molecule has 1 heterocycles. The van der Waals surface area contributed by atoms with Crippen LogP contribution in [0.2, 0.25) is 0 Å². The third-order valence-corrected chi connectivity index (χ3v) is 5.83. The summed E-state index contributed by atoms with van der Waals surface area (Å²) in [6.07, 6.45) is 1.24. The number of halogens is 4. The molecule has 2 rings (SSSR count). The van der Waals surface area contributed by atoms with Crippen molar-refractivity contribution in [1.29, 1.82) is 0 Å². The zero-order valence-electron chi connectivity index (χ0n) is 9.57. The lowest BCUT2D eigenvalue weighted by Gasteiger charge is -2.12. The molecule has 106 valence electrons. The zero-order chi connectivity index (χ0) is 14.9. The highest BCUT2D eigenvalue weighted by atomic mass is 127. The molecule has 0 radical (unpaired) electrons. The molecule has 0 aliphatic rings. The zero-order valence-corrected chi connectivity index (χ0v) is 16.9. The summed E-state index contributed by atoms with van der Waals surface area (Å²) >= 11 is 6.20. The Hall–Kier alpha value is 0.240. The lowest BCUT2D eigenvalue weighted by Crippen LogP contribution is -2.17. The number of sulfonamides is 1. The Morgan fingerprint density at radius 3 is 2.30 bits per heavy atom. The Morgan fingerprint density at radius 1 is 1.15 bits per heavy atom. The van der Waals surface area contributed by atoms with Crippen molar-refractivity contribution in [1.82, 2.24) is 4.98 Å². The van der Waals surface area contributed by atoms with Crippen molar-refractivity contribution in [2.45, 2.75) is 5.03 Å². The molecule has 0 saturated carbocycles. The van der Waals surface area contributed by atoms with Crippen LogP contribution in [0.1, 0.15) is 0 Å². The van der Waals surface area contributed by atoms with Crippen molar-refractivity contribution in [3.8, 4) is 0 Å². The number of rotatable bonds is 3. The summed E-state index contributed by atoms with van der Waals surface area (Å²) in [6, 6.07) is 6.06. The molecule has 0 amide bonds. The second-order valence-electron chi connectivity index (χ2n) is 3.64. The van der Waals surface area contributed by atoms with Gasteiger partial charge >= 0.3 is 0 Å². The third-order valence-electron chi connectivity index (χ3n) is 2.22. The van der Waals surface area contributed by atoms with Crippen molar-refractivity contribution in [2.24, 2.45) is 0 Å². The highest BCUT2D eigenvalue weighted by Crippen LogP contribution is 2.29. The predicted octanol–water partition coefficient (Wildman–Crippen LogP) is 3.84. The van der Waals surface area contributed by atoms with Crippen LogP contribution in [0.3, 0.4) is 0 Å². The van der Waals surface area contributed by atoms with Crippen molar-refractivity contribution < 1.29 is 12.8 Å². The van der Waals surface area contributed by atoms with Gasteiger partial charge in [-0.1, -0.05) is 0 Å². The van der Waals surface area contributed by atoms with Gasteiger partial charge < -0.3 is 0 Å². The van der Waals surface area contributed by atoms with Crippen LogP contribution in [-0.2, 0) is 10.0 Å². The van der Waals surface area contributed by atoms with Crippen LogP contribution in [0.15, 0.2) is 35.5 Å². The smallest absolute Gasteiger partial charge is 0.276 e. The quantitative estimate of drug-likeness (QED) is 0.526. The van der Waals surface area contributed by atoms with Crippen LogP contribution in [0.5, 0.6) is 0 Å². The standard InChI is InChI=1S/C11H6FI3N2O2S/c12-7-2-1-3-16-11(7)20(18,19)17-10-8(14)4-6(13)5-9(10)15/h1-5,17H. The molecule has 0 aliphatic carbocycles. The highest BCUT2D eigenvalue weighted by Gasteiger charge is 2.22. The maximum Gasteiger partial charge on any atom is 0.282 e. The molecule has 0 saturated heterocycles. The maximum absolute atomic E-state index is 13.6. The number of nitrogens with one attached hydrogen (secondary N) is 1. The number of aromatic nitrogens is 1. The summed E-state index contributed by atoms with van der Waals surface area (Å²) in [5.41, 5.74) is 0.427. The van der Waals surface area contributed by atoms with Crippen LogP contribution < -0.4 is 4.72 Å². The lowest BCUT2D eigenvalue weighted by molar-refractivity contribution is 0.557. The first kappa shape index (κ1) is 16.6. The van der Waals surface area contributed by atoms with Gasteiger partial charge in [-0.15, -0.1) is 0 Å². The molecule has 1 aromatic carbocycles. The van der Waals surface area contributed by atoms with Crippen LogP contribution in [-0.4, -0.2) is 13.4 Å². The van der Waals surface area contributed by atoms with E-state index in [1.165, 1.54) is 12.3 Å². The number of hydrogen-bond acceptors (Lipinski definition) is 3. The first-order valence-corrected chi connectivity index (χ1v) is 9.81. The van der Waals surface area contributed by atoms with Gasteiger partial charge in [0.1, 0.15) is 0 Å². The molecule has 0 unspecified atom stereocenters. The third kappa shape index (κ3) is 3.71. The SMILES string of the molecule is O=S(=O)(Nc1c(I)cc(I)cc1I)c1ncccc1F. The van der Waals surface area contributed by atoms with Crippen LogP contribution in [0.25, 0.3) is 0 Å². The van der Waals surface area contributed by atoms with Crippen LogP contribution in [0.4, 0.5) is 10.1 Å². The molecule has 0 spiro atoms. The van der Waals surface area contributed by atoms with Gasteiger partial charge in [-0.3, -0.25) is 4.72 Å². The van der Waals surface area contributed by atoms with E-state index in [1.54, 1.807) is 0 Å². The average Bonchev–Trinajstić information content (AvgIpc) is 2.34. The Bertz CT molecular complexity index is 745. The van der Waals surface area contributed by atoms with Gasteiger partial charge in [0.05, 0.1) is 5.69 Å². The summed E-state index contributed by atoms with van der Waals surface area (Å²) in [5, 5.41) is -0.606. The largest absolute Gasteiger partial charge is 0.282 e. The minimum Gasteiger partial charge on any atom is -0.276 e. The molecular weight excluding hydrogens is 624 g/mol. The first-order chi connectivity index (χ1) is 9.31. The Balaban J connectivity index is 2.47. The van der Waals surface area contributed by atoms with E-state index in [9.17, 15) is 12.8 Å². The first-order valence-electron chi connectivity index (χ1n) is 5.09. The molecule has 9 heteroatoms. The molecule has 1 aromatic heterocycles. The average molecular weight is 630 g/mol. The summed E-state index contributed by atoms with van der Waals surface area (Å²) in [7, 11) is -4.05. The molecule has 0 aliphatic heterocycles. The molecule has 1 N–H and O–H groups in total. The molecule has 0 atom stereocenters.